The molecule has 1 N–H and O–H groups in total. The summed E-state index contributed by atoms with van der Waals surface area (Å²) < 4.78 is 0. The number of hydrogen-bond donors (Lipinski definition) is 1. The maximum atomic E-state index is 11.0. The highest BCUT2D eigenvalue weighted by Gasteiger charge is 2.10. The van der Waals surface area contributed by atoms with Gasteiger partial charge < -0.3 is 5.11 Å². The van der Waals surface area contributed by atoms with Crippen LogP contribution >= 0.6 is 0 Å². The van der Waals surface area contributed by atoms with E-state index in [4.69, 9.17) is 0 Å². The molecule has 2 heteroatoms. The highest BCUT2D eigenvalue weighted by atomic mass is 16.3. The third-order valence-corrected chi connectivity index (χ3v) is 1.33. The van der Waals surface area contributed by atoms with Crippen LogP contribution in [0.2, 0.25) is 0 Å². The molecule has 0 bridgehead atoms. The fraction of sp³-hybridized carbons (Fsp3) is 0.667. The van der Waals surface area contributed by atoms with Crippen molar-refractivity contribution in [1.82, 2.24) is 0 Å². The second kappa shape index (κ2) is 3.67. The van der Waals surface area contributed by atoms with Gasteiger partial charge in [0.25, 0.3) is 0 Å². The summed E-state index contributed by atoms with van der Waals surface area (Å²) in [5, 5.41) is 9.30. The van der Waals surface area contributed by atoms with Crippen molar-refractivity contribution in [2.75, 3.05) is 0 Å². The van der Waals surface area contributed by atoms with Crippen LogP contribution in [0.15, 0.2) is 11.6 Å². The molecule has 0 amide bonds. The number of ketones is 1. The summed E-state index contributed by atoms with van der Waals surface area (Å²) in [6, 6.07) is 0. The van der Waals surface area contributed by atoms with Crippen molar-refractivity contribution < 1.29 is 9.90 Å². The van der Waals surface area contributed by atoms with Crippen LogP contribution in [0.3, 0.4) is 0 Å². The number of carbonyl (C=O) groups is 1. The molecule has 0 aromatic heterocycles. The Balaban J connectivity index is 4.34. The summed E-state index contributed by atoms with van der Waals surface area (Å²) in [7, 11) is 0. The zero-order chi connectivity index (χ0) is 9.07. The van der Waals surface area contributed by atoms with Crippen LogP contribution in [0.1, 0.15) is 34.1 Å². The molecule has 0 rings (SSSR count). The van der Waals surface area contributed by atoms with Gasteiger partial charge in [0.05, 0.1) is 5.60 Å². The second-order valence-electron chi connectivity index (χ2n) is 3.26. The van der Waals surface area contributed by atoms with Gasteiger partial charge in [0.2, 0.25) is 0 Å². The number of allylic oxidation sites excluding steroid dienone is 1. The summed E-state index contributed by atoms with van der Waals surface area (Å²) in [5.41, 5.74) is -0.241. The van der Waals surface area contributed by atoms with Gasteiger partial charge in [-0.05, 0) is 32.4 Å². The van der Waals surface area contributed by atoms with E-state index in [0.29, 0.717) is 12.0 Å². The lowest BCUT2D eigenvalue weighted by molar-refractivity contribution is -0.115. The Hall–Kier alpha value is -0.630. The fourth-order valence-corrected chi connectivity index (χ4v) is 0.889. The molecule has 64 valence electrons. The van der Waals surface area contributed by atoms with E-state index in [1.54, 1.807) is 26.8 Å². The van der Waals surface area contributed by atoms with Crippen molar-refractivity contribution in [2.24, 2.45) is 0 Å². The lowest BCUT2D eigenvalue weighted by Gasteiger charge is -2.12. The number of rotatable bonds is 3. The molecule has 0 aliphatic heterocycles. The van der Waals surface area contributed by atoms with E-state index in [9.17, 15) is 9.90 Å². The lowest BCUT2D eigenvalue weighted by atomic mass is 10.0. The first-order chi connectivity index (χ1) is 4.87. The molecule has 0 heterocycles. The Kier molecular flexibility index (Phi) is 3.46. The van der Waals surface area contributed by atoms with Crippen LogP contribution in [-0.4, -0.2) is 16.5 Å². The third-order valence-electron chi connectivity index (χ3n) is 1.33. The average Bonchev–Trinajstić information content (AvgIpc) is 1.82. The van der Waals surface area contributed by atoms with Gasteiger partial charge in [-0.15, -0.1) is 0 Å². The summed E-state index contributed by atoms with van der Waals surface area (Å²) in [5.74, 6) is 0.0899. The van der Waals surface area contributed by atoms with Crippen molar-refractivity contribution in [3.05, 3.63) is 11.6 Å². The predicted molar refractivity (Wildman–Crippen MR) is 45.4 cm³/mol. The highest BCUT2D eigenvalue weighted by molar-refractivity contribution is 5.94. The van der Waals surface area contributed by atoms with E-state index in [0.717, 1.165) is 0 Å². The fourth-order valence-electron chi connectivity index (χ4n) is 0.889. The maximum Gasteiger partial charge on any atom is 0.158 e. The van der Waals surface area contributed by atoms with Crippen molar-refractivity contribution in [1.29, 1.82) is 0 Å². The van der Waals surface area contributed by atoms with Crippen molar-refractivity contribution >= 4 is 5.78 Å². The number of hydrogen-bond acceptors (Lipinski definition) is 2. The Morgan fingerprint density at radius 1 is 1.55 bits per heavy atom. The normalized spacial score (nSPS) is 13.4. The molecule has 0 radical (unpaired) electrons. The molecule has 0 unspecified atom stereocenters. The minimum absolute atomic E-state index is 0.0899. The van der Waals surface area contributed by atoms with Gasteiger partial charge >= 0.3 is 0 Å². The van der Waals surface area contributed by atoms with E-state index < -0.39 is 5.60 Å². The van der Waals surface area contributed by atoms with Crippen LogP contribution in [0.5, 0.6) is 0 Å². The molecule has 2 nitrogen and oxygen atoms in total. The molecule has 0 atom stereocenters. The Morgan fingerprint density at radius 3 is 2.27 bits per heavy atom. The van der Waals surface area contributed by atoms with E-state index in [-0.39, 0.29) is 5.78 Å². The van der Waals surface area contributed by atoms with Gasteiger partial charge in [-0.1, -0.05) is 6.92 Å². The molecular weight excluding hydrogens is 140 g/mol. The Labute approximate surface area is 67.9 Å². The summed E-state index contributed by atoms with van der Waals surface area (Å²) in [4.78, 5) is 11.0. The first-order valence-corrected chi connectivity index (χ1v) is 3.82. The van der Waals surface area contributed by atoms with E-state index >= 15 is 0 Å². The monoisotopic (exact) mass is 156 g/mol. The van der Waals surface area contributed by atoms with Crippen LogP contribution in [-0.2, 0) is 4.79 Å². The van der Waals surface area contributed by atoms with Crippen molar-refractivity contribution in [3.8, 4) is 0 Å². The molecule has 0 fully saturated rings. The summed E-state index contributed by atoms with van der Waals surface area (Å²) >= 11 is 0. The molecule has 0 aliphatic rings. The smallest absolute Gasteiger partial charge is 0.158 e. The summed E-state index contributed by atoms with van der Waals surface area (Å²) in [6.45, 7) is 6.84. The highest BCUT2D eigenvalue weighted by Crippen LogP contribution is 2.08. The standard InChI is InChI=1S/C9H16O2/c1-5-8(10)7(2)6-9(3,4)11/h6,11H,5H2,1-4H3/b7-6+. The molecule has 0 spiro atoms. The van der Waals surface area contributed by atoms with Gasteiger partial charge in [-0.3, -0.25) is 4.79 Å². The largest absolute Gasteiger partial charge is 0.386 e. The predicted octanol–water partition coefficient (Wildman–Crippen LogP) is 1.68. The minimum atomic E-state index is -0.880. The van der Waals surface area contributed by atoms with Crippen LogP contribution in [0.4, 0.5) is 0 Å². The molecule has 0 aromatic rings. The van der Waals surface area contributed by atoms with Crippen LogP contribution < -0.4 is 0 Å². The number of Topliss-reactive ketones (excluding diaryl/α,β-unsaturated/α-hetero) is 1. The molecular formula is C9H16O2. The second-order valence-corrected chi connectivity index (χ2v) is 3.26. The van der Waals surface area contributed by atoms with Gasteiger partial charge in [0, 0.05) is 6.42 Å². The zero-order valence-electron chi connectivity index (χ0n) is 7.64. The molecule has 0 saturated carbocycles. The van der Waals surface area contributed by atoms with Crippen molar-refractivity contribution in [3.63, 3.8) is 0 Å². The minimum Gasteiger partial charge on any atom is -0.386 e. The molecule has 0 aromatic carbocycles. The quantitative estimate of drug-likeness (QED) is 0.631. The average molecular weight is 156 g/mol. The van der Waals surface area contributed by atoms with Crippen LogP contribution in [0, 0.1) is 0 Å². The third kappa shape index (κ3) is 4.73. The van der Waals surface area contributed by atoms with E-state index in [1.165, 1.54) is 0 Å². The van der Waals surface area contributed by atoms with Gasteiger partial charge in [0.15, 0.2) is 5.78 Å². The number of aliphatic hydroxyl groups is 1. The van der Waals surface area contributed by atoms with Gasteiger partial charge in [0.1, 0.15) is 0 Å². The molecule has 0 aliphatic carbocycles. The molecule has 11 heavy (non-hydrogen) atoms. The van der Waals surface area contributed by atoms with Crippen LogP contribution in [0.25, 0.3) is 0 Å². The van der Waals surface area contributed by atoms with Crippen molar-refractivity contribution in [2.45, 2.75) is 39.7 Å². The SMILES string of the molecule is CCC(=O)/C(C)=C/C(C)(C)O. The number of carbonyl (C=O) groups excluding carboxylic acids is 1. The topological polar surface area (TPSA) is 37.3 Å². The maximum absolute atomic E-state index is 11.0. The van der Waals surface area contributed by atoms with E-state index in [1.807, 2.05) is 6.92 Å². The zero-order valence-corrected chi connectivity index (χ0v) is 7.64. The Morgan fingerprint density at radius 2 is 2.00 bits per heavy atom. The first kappa shape index (κ1) is 10.4. The van der Waals surface area contributed by atoms with Gasteiger partial charge in [-0.25, -0.2) is 0 Å². The summed E-state index contributed by atoms with van der Waals surface area (Å²) in [6.07, 6.45) is 2.08. The molecule has 0 saturated heterocycles. The Bertz CT molecular complexity index is 172. The van der Waals surface area contributed by atoms with E-state index in [2.05, 4.69) is 0 Å². The van der Waals surface area contributed by atoms with Gasteiger partial charge in [-0.2, -0.15) is 0 Å². The first-order valence-electron chi connectivity index (χ1n) is 3.82. The lowest BCUT2D eigenvalue weighted by Crippen LogP contribution is -2.16.